The van der Waals surface area contributed by atoms with Crippen LogP contribution in [0.1, 0.15) is 67.0 Å². The molecule has 144 valence electrons. The molecule has 2 aliphatic rings. The van der Waals surface area contributed by atoms with Crippen LogP contribution in [0.5, 0.6) is 0 Å². The zero-order chi connectivity index (χ0) is 18.5. The van der Waals surface area contributed by atoms with Gasteiger partial charge >= 0.3 is 5.97 Å². The third kappa shape index (κ3) is 4.44. The molecule has 1 aromatic heterocycles. The van der Waals surface area contributed by atoms with Crippen LogP contribution in [0.25, 0.3) is 0 Å². The minimum absolute atomic E-state index is 0.272. The van der Waals surface area contributed by atoms with Crippen molar-refractivity contribution in [3.63, 3.8) is 0 Å². The average Bonchev–Trinajstić information content (AvgIpc) is 3.30. The Hall–Kier alpha value is -1.89. The van der Waals surface area contributed by atoms with E-state index >= 15 is 0 Å². The van der Waals surface area contributed by atoms with Gasteiger partial charge < -0.3 is 14.8 Å². The fraction of sp³-hybridized carbons (Fsp3) is 0.737. The fourth-order valence-electron chi connectivity index (χ4n) is 4.03. The first-order valence-corrected chi connectivity index (χ1v) is 9.59. The zero-order valence-corrected chi connectivity index (χ0v) is 15.7. The molecule has 2 fully saturated rings. The molecule has 1 aliphatic carbocycles. The first-order chi connectivity index (χ1) is 12.6. The summed E-state index contributed by atoms with van der Waals surface area (Å²) in [6, 6.07) is 1.23. The third-order valence-electron chi connectivity index (χ3n) is 5.61. The number of nitrogens with one attached hydrogen (secondary N) is 1. The van der Waals surface area contributed by atoms with E-state index < -0.39 is 12.0 Å². The highest BCUT2D eigenvalue weighted by Gasteiger charge is 2.29. The summed E-state index contributed by atoms with van der Waals surface area (Å²) in [4.78, 5) is 24.9. The molecule has 26 heavy (non-hydrogen) atoms. The molecule has 1 N–H and O–H groups in total. The lowest BCUT2D eigenvalue weighted by molar-refractivity contribution is -0.143. The summed E-state index contributed by atoms with van der Waals surface area (Å²) in [6.45, 7) is 1.41. The maximum Gasteiger partial charge on any atom is 0.328 e. The number of aryl methyl sites for hydroxylation is 1. The molecule has 0 aromatic carbocycles. The fourth-order valence-corrected chi connectivity index (χ4v) is 4.03. The maximum atomic E-state index is 12.8. The number of carbonyl (C=O) groups excluding carboxylic acids is 2. The van der Waals surface area contributed by atoms with Gasteiger partial charge in [0.2, 0.25) is 0 Å². The smallest absolute Gasteiger partial charge is 0.328 e. The maximum absolute atomic E-state index is 12.8. The molecular weight excluding hydrogens is 334 g/mol. The number of methoxy groups -OCH3 is 1. The molecule has 2 heterocycles. The molecule has 1 aliphatic heterocycles. The zero-order valence-electron chi connectivity index (χ0n) is 15.7. The Morgan fingerprint density at radius 3 is 2.65 bits per heavy atom. The van der Waals surface area contributed by atoms with Crippen LogP contribution in [0, 0.1) is 5.92 Å². The SMILES string of the molecule is COC(=O)C(CC1CCOCC1)NC(=O)c1cc(C2CCCC2)nn1C. The second kappa shape index (κ2) is 8.66. The van der Waals surface area contributed by atoms with Crippen molar-refractivity contribution in [1.29, 1.82) is 0 Å². The van der Waals surface area contributed by atoms with Gasteiger partial charge in [-0.25, -0.2) is 4.79 Å². The quantitative estimate of drug-likeness (QED) is 0.783. The molecule has 0 radical (unpaired) electrons. The topological polar surface area (TPSA) is 82.4 Å². The number of nitrogens with zero attached hydrogens (tertiary/aromatic N) is 2. The summed E-state index contributed by atoms with van der Waals surface area (Å²) in [5, 5.41) is 7.39. The van der Waals surface area contributed by atoms with Gasteiger partial charge in [-0.15, -0.1) is 0 Å². The van der Waals surface area contributed by atoms with Crippen molar-refractivity contribution in [3.8, 4) is 0 Å². The second-order valence-electron chi connectivity index (χ2n) is 7.40. The van der Waals surface area contributed by atoms with Crippen molar-refractivity contribution in [1.82, 2.24) is 15.1 Å². The molecule has 1 aromatic rings. The van der Waals surface area contributed by atoms with Gasteiger partial charge in [0.1, 0.15) is 11.7 Å². The van der Waals surface area contributed by atoms with Gasteiger partial charge in [0.05, 0.1) is 12.8 Å². The lowest BCUT2D eigenvalue weighted by Gasteiger charge is -2.25. The van der Waals surface area contributed by atoms with Crippen LogP contribution in [0.2, 0.25) is 0 Å². The van der Waals surface area contributed by atoms with Gasteiger partial charge in [0.15, 0.2) is 0 Å². The summed E-state index contributed by atoms with van der Waals surface area (Å²) in [5.74, 6) is 0.130. The molecule has 1 amide bonds. The van der Waals surface area contributed by atoms with Crippen molar-refractivity contribution in [2.75, 3.05) is 20.3 Å². The minimum atomic E-state index is -0.638. The number of carbonyl (C=O) groups is 2. The van der Waals surface area contributed by atoms with Crippen LogP contribution in [0.3, 0.4) is 0 Å². The Morgan fingerprint density at radius 1 is 1.31 bits per heavy atom. The number of amides is 1. The van der Waals surface area contributed by atoms with Crippen molar-refractivity contribution < 1.29 is 19.1 Å². The number of rotatable bonds is 6. The van der Waals surface area contributed by atoms with Gasteiger partial charge in [-0.05, 0) is 44.1 Å². The van der Waals surface area contributed by atoms with Crippen molar-refractivity contribution >= 4 is 11.9 Å². The Balaban J connectivity index is 1.67. The molecule has 7 heteroatoms. The minimum Gasteiger partial charge on any atom is -0.467 e. The van der Waals surface area contributed by atoms with Crippen LogP contribution in [-0.4, -0.2) is 48.0 Å². The van der Waals surface area contributed by atoms with Crippen molar-refractivity contribution in [2.24, 2.45) is 13.0 Å². The number of hydrogen-bond donors (Lipinski definition) is 1. The highest BCUT2D eigenvalue weighted by molar-refractivity contribution is 5.95. The lowest BCUT2D eigenvalue weighted by Crippen LogP contribution is -2.43. The average molecular weight is 363 g/mol. The summed E-state index contributed by atoms with van der Waals surface area (Å²) < 4.78 is 11.9. The summed E-state index contributed by atoms with van der Waals surface area (Å²) in [7, 11) is 3.13. The predicted molar refractivity (Wildman–Crippen MR) is 95.8 cm³/mol. The first kappa shape index (κ1) is 18.9. The van der Waals surface area contributed by atoms with Gasteiger partial charge in [-0.2, -0.15) is 5.10 Å². The van der Waals surface area contributed by atoms with Crippen LogP contribution in [-0.2, 0) is 21.3 Å². The molecule has 7 nitrogen and oxygen atoms in total. The highest BCUT2D eigenvalue weighted by Crippen LogP contribution is 2.33. The number of esters is 1. The van der Waals surface area contributed by atoms with Crippen LogP contribution < -0.4 is 5.32 Å². The molecule has 0 bridgehead atoms. The Kier molecular flexibility index (Phi) is 6.29. The number of aromatic nitrogens is 2. The Morgan fingerprint density at radius 2 is 2.00 bits per heavy atom. The Bertz CT molecular complexity index is 631. The number of hydrogen-bond acceptors (Lipinski definition) is 5. The van der Waals surface area contributed by atoms with Crippen LogP contribution in [0.15, 0.2) is 6.07 Å². The summed E-state index contributed by atoms with van der Waals surface area (Å²) >= 11 is 0. The van der Waals surface area contributed by atoms with Crippen LogP contribution in [0.4, 0.5) is 0 Å². The highest BCUT2D eigenvalue weighted by atomic mass is 16.5. The van der Waals surface area contributed by atoms with E-state index in [1.54, 1.807) is 11.7 Å². The largest absolute Gasteiger partial charge is 0.467 e. The van der Waals surface area contributed by atoms with Gasteiger partial charge in [-0.3, -0.25) is 9.48 Å². The summed E-state index contributed by atoms with van der Waals surface area (Å²) in [5.41, 5.74) is 1.47. The van der Waals surface area contributed by atoms with Crippen LogP contribution >= 0.6 is 0 Å². The van der Waals surface area contributed by atoms with Crippen molar-refractivity contribution in [2.45, 2.75) is 56.9 Å². The van der Waals surface area contributed by atoms with E-state index in [1.807, 2.05) is 6.07 Å². The predicted octanol–water partition coefficient (Wildman–Crippen LogP) is 2.17. The monoisotopic (exact) mass is 363 g/mol. The van der Waals surface area contributed by atoms with E-state index in [0.717, 1.165) is 31.4 Å². The van der Waals surface area contributed by atoms with E-state index in [-0.39, 0.29) is 5.91 Å². The molecule has 3 rings (SSSR count). The third-order valence-corrected chi connectivity index (χ3v) is 5.61. The lowest BCUT2D eigenvalue weighted by atomic mass is 9.92. The first-order valence-electron chi connectivity index (χ1n) is 9.59. The molecule has 1 saturated carbocycles. The number of ether oxygens (including phenoxy) is 2. The molecule has 1 unspecified atom stereocenters. The molecule has 0 spiro atoms. The Labute approximate surface area is 154 Å². The van der Waals surface area contributed by atoms with Gasteiger partial charge in [0.25, 0.3) is 5.91 Å². The van der Waals surface area contributed by atoms with E-state index in [1.165, 1.54) is 20.0 Å². The second-order valence-corrected chi connectivity index (χ2v) is 7.40. The normalized spacial score (nSPS) is 20.1. The van der Waals surface area contributed by atoms with E-state index in [9.17, 15) is 9.59 Å². The van der Waals surface area contributed by atoms with Gasteiger partial charge in [0, 0.05) is 26.2 Å². The van der Waals surface area contributed by atoms with E-state index in [2.05, 4.69) is 10.4 Å². The van der Waals surface area contributed by atoms with Gasteiger partial charge in [-0.1, -0.05) is 12.8 Å². The standard InChI is InChI=1S/C19H29N3O4/c1-22-17(12-15(21-22)14-5-3-4-6-14)18(23)20-16(19(24)25-2)11-13-7-9-26-10-8-13/h12-14,16H,3-11H2,1-2H3,(H,20,23). The summed E-state index contributed by atoms with van der Waals surface area (Å²) in [6.07, 6.45) is 7.09. The van der Waals surface area contributed by atoms with E-state index in [0.29, 0.717) is 37.2 Å². The van der Waals surface area contributed by atoms with Crippen molar-refractivity contribution in [3.05, 3.63) is 17.5 Å². The van der Waals surface area contributed by atoms with E-state index in [4.69, 9.17) is 9.47 Å². The molecule has 1 saturated heterocycles. The molecule has 1 atom stereocenters. The molecular formula is C19H29N3O4.